The molecule has 0 radical (unpaired) electrons. The lowest BCUT2D eigenvalue weighted by Gasteiger charge is -2.17. The molecule has 0 atom stereocenters. The number of benzene rings is 1. The van der Waals surface area contributed by atoms with E-state index in [1.807, 2.05) is 0 Å². The lowest BCUT2D eigenvalue weighted by atomic mass is 10.1. The third-order valence-corrected chi connectivity index (χ3v) is 3.79. The summed E-state index contributed by atoms with van der Waals surface area (Å²) in [6.45, 7) is 5.99. The lowest BCUT2D eigenvalue weighted by molar-refractivity contribution is 0.0689. The molecule has 0 aliphatic rings. The average molecular weight is 330 g/mol. The van der Waals surface area contributed by atoms with Gasteiger partial charge >= 0.3 is 13.8 Å². The smallest absolute Gasteiger partial charge is 0.475 e. The van der Waals surface area contributed by atoms with E-state index < -0.39 is 26.2 Å². The monoisotopic (exact) mass is 330 g/mol. The third-order valence-electron chi connectivity index (χ3n) is 2.42. The molecule has 0 saturated heterocycles. The van der Waals surface area contributed by atoms with Gasteiger partial charge in [-0.05, 0) is 12.1 Å². The van der Waals surface area contributed by atoms with E-state index in [4.69, 9.17) is 18.7 Å². The number of rotatable bonds is 10. The zero-order valence-corrected chi connectivity index (χ0v) is 12.6. The first-order chi connectivity index (χ1) is 10.4. The van der Waals surface area contributed by atoms with Crippen LogP contribution in [-0.2, 0) is 24.7 Å². The van der Waals surface area contributed by atoms with Crippen LogP contribution in [0.25, 0.3) is 0 Å². The summed E-state index contributed by atoms with van der Waals surface area (Å²) in [5.41, 5.74) is -0.543. The van der Waals surface area contributed by atoms with Crippen LogP contribution in [0.3, 0.4) is 0 Å². The van der Waals surface area contributed by atoms with Crippen LogP contribution in [-0.4, -0.2) is 24.3 Å². The maximum absolute atomic E-state index is 13.7. The van der Waals surface area contributed by atoms with Crippen molar-refractivity contribution in [3.8, 4) is 0 Å². The molecule has 22 heavy (non-hydrogen) atoms. The second kappa shape index (κ2) is 8.60. The van der Waals surface area contributed by atoms with Gasteiger partial charge < -0.3 is 5.11 Å². The Hall–Kier alpha value is -1.79. The average Bonchev–Trinajstić information content (AvgIpc) is 2.49. The number of carbonyl (C=O) groups is 1. The van der Waals surface area contributed by atoms with Gasteiger partial charge in [0.05, 0.1) is 25.4 Å². The molecule has 0 aliphatic heterocycles. The van der Waals surface area contributed by atoms with Crippen molar-refractivity contribution in [2.24, 2.45) is 0 Å². The molecule has 1 aromatic rings. The van der Waals surface area contributed by atoms with Crippen molar-refractivity contribution in [1.82, 2.24) is 0 Å². The van der Waals surface area contributed by atoms with Gasteiger partial charge in [0.2, 0.25) is 0 Å². The molecule has 0 bridgehead atoms. The van der Waals surface area contributed by atoms with Crippen molar-refractivity contribution in [2.45, 2.75) is 6.61 Å². The van der Waals surface area contributed by atoms with E-state index in [-0.39, 0.29) is 24.3 Å². The summed E-state index contributed by atoms with van der Waals surface area (Å²) in [6, 6.07) is 3.54. The van der Waals surface area contributed by atoms with Gasteiger partial charge in [0.25, 0.3) is 0 Å². The molecule has 8 heteroatoms. The Morgan fingerprint density at radius 2 is 1.82 bits per heavy atom. The van der Waals surface area contributed by atoms with Gasteiger partial charge in [0, 0.05) is 5.56 Å². The number of carboxylic acid groups (broad SMARTS) is 1. The predicted molar refractivity (Wildman–Crippen MR) is 78.1 cm³/mol. The van der Waals surface area contributed by atoms with Crippen LogP contribution < -0.4 is 0 Å². The molecule has 0 fully saturated rings. The highest BCUT2D eigenvalue weighted by atomic mass is 31.2. The molecular weight excluding hydrogens is 314 g/mol. The summed E-state index contributed by atoms with van der Waals surface area (Å²) in [7, 11) is -3.99. The fourth-order valence-corrected chi connectivity index (χ4v) is 2.54. The van der Waals surface area contributed by atoms with Crippen LogP contribution in [0.4, 0.5) is 4.39 Å². The summed E-state index contributed by atoms with van der Waals surface area (Å²) >= 11 is 0. The van der Waals surface area contributed by atoms with Crippen LogP contribution in [0.5, 0.6) is 0 Å². The van der Waals surface area contributed by atoms with Gasteiger partial charge in [-0.15, -0.1) is 13.2 Å². The summed E-state index contributed by atoms with van der Waals surface area (Å²) in [5.74, 6) is -2.12. The van der Waals surface area contributed by atoms with Gasteiger partial charge in [-0.1, -0.05) is 18.2 Å². The number of carboxylic acids is 1. The lowest BCUT2D eigenvalue weighted by Crippen LogP contribution is -2.08. The van der Waals surface area contributed by atoms with Crippen molar-refractivity contribution in [1.29, 1.82) is 0 Å². The SMILES string of the molecule is C=CCOP(=O)(OCC=C)OCc1c(F)cccc1C(=O)O. The topological polar surface area (TPSA) is 82.1 Å². The summed E-state index contributed by atoms with van der Waals surface area (Å²) < 4.78 is 40.8. The van der Waals surface area contributed by atoms with E-state index in [1.54, 1.807) is 0 Å². The Morgan fingerprint density at radius 3 is 2.32 bits per heavy atom. The molecule has 0 saturated carbocycles. The number of aromatic carboxylic acids is 1. The number of halogens is 1. The van der Waals surface area contributed by atoms with E-state index >= 15 is 0 Å². The maximum atomic E-state index is 13.7. The van der Waals surface area contributed by atoms with Crippen molar-refractivity contribution >= 4 is 13.8 Å². The first kappa shape index (κ1) is 18.3. The molecule has 6 nitrogen and oxygen atoms in total. The fourth-order valence-electron chi connectivity index (χ4n) is 1.45. The van der Waals surface area contributed by atoms with Crippen molar-refractivity contribution in [3.05, 3.63) is 60.5 Å². The van der Waals surface area contributed by atoms with Gasteiger partial charge in [-0.2, -0.15) is 0 Å². The highest BCUT2D eigenvalue weighted by Crippen LogP contribution is 2.50. The molecule has 0 amide bonds. The Morgan fingerprint density at radius 1 is 1.23 bits per heavy atom. The summed E-state index contributed by atoms with van der Waals surface area (Å²) in [5, 5.41) is 9.02. The van der Waals surface area contributed by atoms with E-state index in [9.17, 15) is 13.8 Å². The second-order valence-corrected chi connectivity index (χ2v) is 5.63. The minimum absolute atomic E-state index is 0.114. The van der Waals surface area contributed by atoms with Crippen molar-refractivity contribution in [2.75, 3.05) is 13.2 Å². The van der Waals surface area contributed by atoms with Crippen LogP contribution >= 0.6 is 7.82 Å². The highest BCUT2D eigenvalue weighted by Gasteiger charge is 2.27. The molecule has 0 unspecified atom stereocenters. The maximum Gasteiger partial charge on any atom is 0.475 e. The molecule has 1 aromatic carbocycles. The first-order valence-corrected chi connectivity index (χ1v) is 7.65. The number of hydrogen-bond donors (Lipinski definition) is 1. The standard InChI is InChI=1S/C14H16FO6P/c1-3-8-19-22(18,20-9-4-2)21-10-12-11(14(16)17)6-5-7-13(12)15/h3-7H,1-2,8-10H2,(H,16,17). The molecule has 0 aromatic heterocycles. The van der Waals surface area contributed by atoms with Crippen LogP contribution in [0.1, 0.15) is 15.9 Å². The van der Waals surface area contributed by atoms with E-state index in [0.717, 1.165) is 6.07 Å². The molecular formula is C14H16FO6P. The fraction of sp³-hybridized carbons (Fsp3) is 0.214. The number of phosphoric acid groups is 1. The second-order valence-electron chi connectivity index (χ2n) is 3.96. The highest BCUT2D eigenvalue weighted by molar-refractivity contribution is 7.48. The van der Waals surface area contributed by atoms with E-state index in [1.165, 1.54) is 24.3 Å². The van der Waals surface area contributed by atoms with Gasteiger partial charge in [0.15, 0.2) is 0 Å². The Labute approximate surface area is 127 Å². The molecule has 1 N–H and O–H groups in total. The Kier molecular flexibility index (Phi) is 7.14. The normalized spacial score (nSPS) is 11.1. The molecule has 0 aliphatic carbocycles. The van der Waals surface area contributed by atoms with Crippen molar-refractivity contribution in [3.63, 3.8) is 0 Å². The van der Waals surface area contributed by atoms with Crippen molar-refractivity contribution < 1.29 is 32.4 Å². The van der Waals surface area contributed by atoms with Crippen LogP contribution in [0, 0.1) is 5.82 Å². The molecule has 0 spiro atoms. The molecule has 120 valence electrons. The van der Waals surface area contributed by atoms with Gasteiger partial charge in [-0.25, -0.2) is 13.8 Å². The van der Waals surface area contributed by atoms with Crippen LogP contribution in [0.15, 0.2) is 43.5 Å². The van der Waals surface area contributed by atoms with Gasteiger partial charge in [0.1, 0.15) is 5.82 Å². The first-order valence-electron chi connectivity index (χ1n) is 6.19. The zero-order valence-electron chi connectivity index (χ0n) is 11.7. The predicted octanol–water partition coefficient (Wildman–Crippen LogP) is 3.55. The molecule has 0 heterocycles. The quantitative estimate of drug-likeness (QED) is 0.522. The van der Waals surface area contributed by atoms with Crippen LogP contribution in [0.2, 0.25) is 0 Å². The zero-order chi connectivity index (χ0) is 16.6. The minimum atomic E-state index is -3.99. The molecule has 1 rings (SSSR count). The largest absolute Gasteiger partial charge is 0.478 e. The Balaban J connectivity index is 2.93. The van der Waals surface area contributed by atoms with Gasteiger partial charge in [-0.3, -0.25) is 13.6 Å². The number of hydrogen-bond acceptors (Lipinski definition) is 5. The van der Waals surface area contributed by atoms with E-state index in [2.05, 4.69) is 13.2 Å². The Bertz CT molecular complexity index is 585. The summed E-state index contributed by atoms with van der Waals surface area (Å²) in [4.78, 5) is 11.1. The number of phosphoric ester groups is 1. The van der Waals surface area contributed by atoms with E-state index in [0.29, 0.717) is 0 Å². The summed E-state index contributed by atoms with van der Waals surface area (Å²) in [6.07, 6.45) is 2.66. The third kappa shape index (κ3) is 5.20. The minimum Gasteiger partial charge on any atom is -0.478 e.